The topological polar surface area (TPSA) is 228 Å². The number of allylic oxidation sites excluding steroid dienone is 12. The SMILES string of the molecule is CC/C=C\C/C=C\C/C=C\C/C=C\C/C=C\C/C=C\CCC(=O)NC(COC1OC(CO)C(OC2OC(CO)C(O)C(O)C2O)C(O)C1O)C(O)CCCCCCCCCCCCCCCCCCCCCCCCCCCCC. The summed E-state index contributed by atoms with van der Waals surface area (Å²) in [7, 11) is 0. The molecule has 14 nitrogen and oxygen atoms in total. The van der Waals surface area contributed by atoms with Gasteiger partial charge < -0.3 is 65.1 Å². The summed E-state index contributed by atoms with van der Waals surface area (Å²) in [6.45, 7) is 2.71. The van der Waals surface area contributed by atoms with Crippen molar-refractivity contribution in [2.75, 3.05) is 19.8 Å². The fraction of sp³-hybridized carbons (Fsp3) is 0.803. The van der Waals surface area contributed by atoms with E-state index in [0.29, 0.717) is 12.8 Å². The Labute approximate surface area is 485 Å². The van der Waals surface area contributed by atoms with Crippen LogP contribution in [0.25, 0.3) is 0 Å². The van der Waals surface area contributed by atoms with E-state index in [9.17, 15) is 45.6 Å². The Bertz CT molecular complexity index is 1620. The van der Waals surface area contributed by atoms with Crippen molar-refractivity contribution in [2.24, 2.45) is 0 Å². The van der Waals surface area contributed by atoms with Gasteiger partial charge in [0.15, 0.2) is 12.6 Å². The Morgan fingerprint density at radius 3 is 1.25 bits per heavy atom. The molecular formula is C66H117NO13. The van der Waals surface area contributed by atoms with E-state index in [1.54, 1.807) is 0 Å². The number of amides is 1. The summed E-state index contributed by atoms with van der Waals surface area (Å²) in [5.41, 5.74) is 0. The smallest absolute Gasteiger partial charge is 0.220 e. The number of ether oxygens (including phenoxy) is 4. The summed E-state index contributed by atoms with van der Waals surface area (Å²) in [6, 6.07) is -0.875. The molecule has 0 aromatic heterocycles. The van der Waals surface area contributed by atoms with Crippen molar-refractivity contribution in [3.8, 4) is 0 Å². The molecule has 0 aliphatic carbocycles. The Morgan fingerprint density at radius 2 is 0.838 bits per heavy atom. The number of hydrogen-bond acceptors (Lipinski definition) is 13. The van der Waals surface area contributed by atoms with Gasteiger partial charge in [0, 0.05) is 6.42 Å². The number of nitrogens with one attached hydrogen (secondary N) is 1. The molecule has 12 atom stereocenters. The zero-order valence-corrected chi connectivity index (χ0v) is 50.1. The van der Waals surface area contributed by atoms with Crippen LogP contribution in [0.1, 0.15) is 245 Å². The zero-order chi connectivity index (χ0) is 58.1. The number of aliphatic hydroxyl groups is 8. The Hall–Kier alpha value is -2.57. The molecule has 0 radical (unpaired) electrons. The van der Waals surface area contributed by atoms with Gasteiger partial charge in [-0.2, -0.15) is 0 Å². The molecule has 2 fully saturated rings. The van der Waals surface area contributed by atoms with E-state index in [1.807, 2.05) is 12.2 Å². The average molecular weight is 1130 g/mol. The standard InChI is InChI=1S/C66H117NO13/c1-3-5-7-9-11-13-15-17-19-21-23-24-25-26-27-28-29-30-32-33-35-37-39-41-43-45-47-49-55(70)54(67-58(71)50-48-46-44-42-40-38-36-34-31-22-20-18-16-14-12-10-8-6-4-2)53-77-65-63(76)61(74)64(57(52-69)79-65)80-66-62(75)60(73)59(72)56(51-68)78-66/h6,8,12,14,18,20,31,34,38,40,44,46,54-57,59-66,68-70,72-76H,3-5,7,9-11,13,15-17,19,21-30,32-33,35-37,39,41-43,45,47-53H2,1-2H3,(H,67,71)/b8-6-,14-12-,20-18-,34-31-,40-38-,46-44-. The van der Waals surface area contributed by atoms with Crippen LogP contribution in [0.2, 0.25) is 0 Å². The molecule has 2 heterocycles. The van der Waals surface area contributed by atoms with E-state index >= 15 is 0 Å². The molecule has 464 valence electrons. The molecule has 1 amide bonds. The molecule has 0 spiro atoms. The Balaban J connectivity index is 1.73. The highest BCUT2D eigenvalue weighted by Gasteiger charge is 2.51. The van der Waals surface area contributed by atoms with E-state index in [2.05, 4.69) is 79.9 Å². The lowest BCUT2D eigenvalue weighted by Crippen LogP contribution is -2.65. The van der Waals surface area contributed by atoms with Crippen molar-refractivity contribution in [3.05, 3.63) is 72.9 Å². The summed E-state index contributed by atoms with van der Waals surface area (Å²) in [5, 5.41) is 87.3. The van der Waals surface area contributed by atoms with E-state index < -0.39 is 86.8 Å². The second-order valence-electron chi connectivity index (χ2n) is 22.5. The van der Waals surface area contributed by atoms with Crippen molar-refractivity contribution in [3.63, 3.8) is 0 Å². The number of hydrogen-bond donors (Lipinski definition) is 9. The van der Waals surface area contributed by atoms with Crippen molar-refractivity contribution in [1.29, 1.82) is 0 Å². The van der Waals surface area contributed by atoms with Gasteiger partial charge in [-0.3, -0.25) is 4.79 Å². The van der Waals surface area contributed by atoms with Crippen LogP contribution in [0, 0.1) is 0 Å². The van der Waals surface area contributed by atoms with Gasteiger partial charge in [0.05, 0.1) is 32.0 Å². The van der Waals surface area contributed by atoms with Crippen molar-refractivity contribution in [1.82, 2.24) is 5.32 Å². The van der Waals surface area contributed by atoms with Gasteiger partial charge in [0.2, 0.25) is 5.91 Å². The quantitative estimate of drug-likeness (QED) is 0.0204. The van der Waals surface area contributed by atoms with Gasteiger partial charge in [-0.15, -0.1) is 0 Å². The maximum absolute atomic E-state index is 13.3. The first-order chi connectivity index (χ1) is 39.1. The van der Waals surface area contributed by atoms with Gasteiger partial charge in [-0.25, -0.2) is 0 Å². The first-order valence-corrected chi connectivity index (χ1v) is 32.2. The molecule has 2 saturated heterocycles. The summed E-state index contributed by atoms with van der Waals surface area (Å²) in [5.74, 6) is -0.288. The lowest BCUT2D eigenvalue weighted by atomic mass is 9.97. The molecule has 0 aromatic rings. The molecule has 14 heteroatoms. The monoisotopic (exact) mass is 1130 g/mol. The van der Waals surface area contributed by atoms with Crippen LogP contribution in [0.3, 0.4) is 0 Å². The predicted octanol–water partition coefficient (Wildman–Crippen LogP) is 11.9. The number of carbonyl (C=O) groups is 1. The van der Waals surface area contributed by atoms with Gasteiger partial charge in [0.25, 0.3) is 0 Å². The third kappa shape index (κ3) is 35.5. The number of rotatable bonds is 51. The molecule has 0 aromatic carbocycles. The van der Waals surface area contributed by atoms with Crippen molar-refractivity contribution >= 4 is 5.91 Å². The van der Waals surface area contributed by atoms with Crippen LogP contribution in [0.5, 0.6) is 0 Å². The fourth-order valence-electron chi connectivity index (χ4n) is 10.3. The van der Waals surface area contributed by atoms with E-state index in [1.165, 1.54) is 148 Å². The predicted molar refractivity (Wildman–Crippen MR) is 323 cm³/mol. The molecule has 2 rings (SSSR count). The van der Waals surface area contributed by atoms with E-state index in [4.69, 9.17) is 18.9 Å². The van der Waals surface area contributed by atoms with Crippen molar-refractivity contribution < 1.29 is 64.6 Å². The van der Waals surface area contributed by atoms with Crippen LogP contribution in [-0.2, 0) is 23.7 Å². The van der Waals surface area contributed by atoms with E-state index in [0.717, 1.165) is 64.2 Å². The highest BCUT2D eigenvalue weighted by molar-refractivity contribution is 5.76. The molecule has 12 unspecified atom stereocenters. The third-order valence-corrected chi connectivity index (χ3v) is 15.4. The van der Waals surface area contributed by atoms with E-state index in [-0.39, 0.29) is 18.9 Å². The molecule has 0 bridgehead atoms. The molecule has 9 N–H and O–H groups in total. The summed E-state index contributed by atoms with van der Waals surface area (Å²) < 4.78 is 22.8. The lowest BCUT2D eigenvalue weighted by Gasteiger charge is -2.46. The first kappa shape index (κ1) is 73.5. The normalized spacial score (nSPS) is 24.7. The molecule has 2 aliphatic rings. The van der Waals surface area contributed by atoms with Crippen LogP contribution in [0.15, 0.2) is 72.9 Å². The van der Waals surface area contributed by atoms with Gasteiger partial charge >= 0.3 is 0 Å². The second-order valence-corrected chi connectivity index (χ2v) is 22.5. The minimum Gasteiger partial charge on any atom is -0.394 e. The fourth-order valence-corrected chi connectivity index (χ4v) is 10.3. The van der Waals surface area contributed by atoms with Crippen LogP contribution < -0.4 is 5.32 Å². The minimum atomic E-state index is -1.79. The first-order valence-electron chi connectivity index (χ1n) is 32.2. The van der Waals surface area contributed by atoms with Crippen LogP contribution >= 0.6 is 0 Å². The number of carbonyl (C=O) groups excluding carboxylic acids is 1. The summed E-state index contributed by atoms with van der Waals surface area (Å²) in [6.07, 6.45) is 50.7. The molecular weight excluding hydrogens is 1010 g/mol. The Kier molecular flexibility index (Phi) is 46.8. The van der Waals surface area contributed by atoms with Gasteiger partial charge in [0.1, 0.15) is 48.8 Å². The van der Waals surface area contributed by atoms with Gasteiger partial charge in [-0.05, 0) is 51.4 Å². The third-order valence-electron chi connectivity index (χ3n) is 15.4. The van der Waals surface area contributed by atoms with Crippen LogP contribution in [0.4, 0.5) is 0 Å². The molecule has 2 aliphatic heterocycles. The van der Waals surface area contributed by atoms with Gasteiger partial charge in [-0.1, -0.05) is 260 Å². The number of aliphatic hydroxyl groups excluding tert-OH is 8. The van der Waals surface area contributed by atoms with Crippen molar-refractivity contribution in [2.45, 2.75) is 319 Å². The van der Waals surface area contributed by atoms with Crippen LogP contribution in [-0.4, -0.2) is 140 Å². The minimum absolute atomic E-state index is 0.176. The largest absolute Gasteiger partial charge is 0.394 e. The summed E-state index contributed by atoms with van der Waals surface area (Å²) in [4.78, 5) is 13.3. The highest BCUT2D eigenvalue weighted by atomic mass is 16.7. The zero-order valence-electron chi connectivity index (χ0n) is 50.1. The number of unbranched alkanes of at least 4 members (excludes halogenated alkanes) is 26. The lowest BCUT2D eigenvalue weighted by molar-refractivity contribution is -0.359. The Morgan fingerprint density at radius 1 is 0.463 bits per heavy atom. The maximum Gasteiger partial charge on any atom is 0.220 e. The summed E-state index contributed by atoms with van der Waals surface area (Å²) >= 11 is 0. The maximum atomic E-state index is 13.3. The molecule has 0 saturated carbocycles. The average Bonchev–Trinajstić information content (AvgIpc) is 3.48. The molecule has 80 heavy (non-hydrogen) atoms. The highest BCUT2D eigenvalue weighted by Crippen LogP contribution is 2.30. The second kappa shape index (κ2) is 50.9.